The maximum atomic E-state index is 12.7. The van der Waals surface area contributed by atoms with E-state index in [1.54, 1.807) is 49.2 Å². The van der Waals surface area contributed by atoms with Crippen molar-refractivity contribution in [1.82, 2.24) is 19.9 Å². The zero-order chi connectivity index (χ0) is 36.1. The van der Waals surface area contributed by atoms with Crippen molar-refractivity contribution in [3.8, 4) is 0 Å². The molecule has 4 aromatic heterocycles. The van der Waals surface area contributed by atoms with Crippen molar-refractivity contribution < 1.29 is 14.7 Å². The molecule has 6 heterocycles. The number of benzene rings is 2. The van der Waals surface area contributed by atoms with Crippen molar-refractivity contribution >= 4 is 67.6 Å². The summed E-state index contributed by atoms with van der Waals surface area (Å²) >= 11 is 2.97. The van der Waals surface area contributed by atoms with Crippen molar-refractivity contribution in [2.45, 2.75) is 40.5 Å². The van der Waals surface area contributed by atoms with Gasteiger partial charge in [0.15, 0.2) is 10.3 Å². The van der Waals surface area contributed by atoms with E-state index in [-0.39, 0.29) is 11.5 Å². The molecule has 0 atom stereocenters. The van der Waals surface area contributed by atoms with Crippen LogP contribution >= 0.6 is 22.7 Å². The number of thiazole rings is 2. The third-order valence-electron chi connectivity index (χ3n) is 8.10. The van der Waals surface area contributed by atoms with E-state index in [0.29, 0.717) is 34.4 Å². The first-order chi connectivity index (χ1) is 24.6. The Bertz CT molecular complexity index is 2310. The molecule has 13 heteroatoms. The van der Waals surface area contributed by atoms with Crippen molar-refractivity contribution in [2.75, 3.05) is 11.1 Å². The normalized spacial score (nSPS) is 12.3. The standard InChI is InChI=1S/C19H16N4OS.C15H12N2O2.C4H6N2S/c1-11-6-7-20-10-15(11)16-8-13-4-3-5-14(17(13)22-16)18(24)23-19-21-9-12(2)25-19;1-9-5-6-16-8-12(9)13-7-10-3-2-4-11(15(18)19)14(10)17-13;1-3-2-6-4(5)7-3/h3-7,9-10H,8H2,1-2H3,(H,21,23,24);2-6,8H,7H2,1H3,(H,18,19);2H,1H3,(H2,5,6). The van der Waals surface area contributed by atoms with E-state index < -0.39 is 5.97 Å². The maximum Gasteiger partial charge on any atom is 0.337 e. The highest BCUT2D eigenvalue weighted by molar-refractivity contribution is 7.15. The van der Waals surface area contributed by atoms with Crippen molar-refractivity contribution in [1.29, 1.82) is 0 Å². The second-order valence-electron chi connectivity index (χ2n) is 11.8. The van der Waals surface area contributed by atoms with E-state index in [1.165, 1.54) is 22.7 Å². The summed E-state index contributed by atoms with van der Waals surface area (Å²) in [7, 11) is 0. The third-order valence-corrected chi connectivity index (χ3v) is 9.67. The Balaban J connectivity index is 0.000000151. The van der Waals surface area contributed by atoms with Crippen LogP contribution in [0.1, 0.15) is 63.9 Å². The minimum atomic E-state index is -0.940. The molecule has 0 radical (unpaired) electrons. The van der Waals surface area contributed by atoms with Gasteiger partial charge in [0, 0.05) is 70.9 Å². The van der Waals surface area contributed by atoms with Gasteiger partial charge in [0.2, 0.25) is 0 Å². The molecule has 0 spiro atoms. The van der Waals surface area contributed by atoms with Crippen LogP contribution in [0.5, 0.6) is 0 Å². The molecule has 0 fully saturated rings. The Kier molecular flexibility index (Phi) is 10.5. The summed E-state index contributed by atoms with van der Waals surface area (Å²) in [5.41, 5.74) is 15.5. The van der Waals surface area contributed by atoms with E-state index in [1.807, 2.05) is 64.2 Å². The van der Waals surface area contributed by atoms with Crippen LogP contribution in [0.3, 0.4) is 0 Å². The molecule has 256 valence electrons. The summed E-state index contributed by atoms with van der Waals surface area (Å²) in [5, 5.41) is 13.3. The number of aryl methyl sites for hydroxylation is 4. The molecular weight excluding hydrogens is 681 g/mol. The monoisotopic (exact) mass is 714 g/mol. The van der Waals surface area contributed by atoms with Gasteiger partial charge in [0.25, 0.3) is 5.91 Å². The van der Waals surface area contributed by atoms with E-state index in [9.17, 15) is 14.7 Å². The largest absolute Gasteiger partial charge is 0.478 e. The number of hydrogen-bond acceptors (Lipinski definition) is 11. The van der Waals surface area contributed by atoms with Gasteiger partial charge in [-0.2, -0.15) is 0 Å². The minimum absolute atomic E-state index is 0.181. The number of carbonyl (C=O) groups is 2. The number of pyridine rings is 2. The van der Waals surface area contributed by atoms with E-state index in [4.69, 9.17) is 10.7 Å². The predicted octanol–water partition coefficient (Wildman–Crippen LogP) is 7.88. The van der Waals surface area contributed by atoms with Crippen LogP contribution in [0.25, 0.3) is 0 Å². The summed E-state index contributed by atoms with van der Waals surface area (Å²) in [6, 6.07) is 14.9. The van der Waals surface area contributed by atoms with Crippen LogP contribution in [0.2, 0.25) is 0 Å². The van der Waals surface area contributed by atoms with Gasteiger partial charge in [0.05, 0.1) is 33.9 Å². The first-order valence-electron chi connectivity index (χ1n) is 15.9. The summed E-state index contributed by atoms with van der Waals surface area (Å²) in [6.45, 7) is 7.98. The highest BCUT2D eigenvalue weighted by atomic mass is 32.1. The topological polar surface area (TPSA) is 169 Å². The molecule has 51 heavy (non-hydrogen) atoms. The van der Waals surface area contributed by atoms with E-state index >= 15 is 0 Å². The van der Waals surface area contributed by atoms with Crippen molar-refractivity contribution in [3.63, 3.8) is 0 Å². The number of nitrogen functional groups attached to an aromatic ring is 1. The van der Waals surface area contributed by atoms with Gasteiger partial charge in [-0.3, -0.25) is 30.1 Å². The van der Waals surface area contributed by atoms with Crippen LogP contribution < -0.4 is 11.1 Å². The minimum Gasteiger partial charge on any atom is -0.478 e. The second kappa shape index (κ2) is 15.3. The van der Waals surface area contributed by atoms with E-state index in [2.05, 4.69) is 30.2 Å². The first kappa shape index (κ1) is 34.9. The summed E-state index contributed by atoms with van der Waals surface area (Å²) in [6.07, 6.45) is 12.0. The number of rotatable bonds is 5. The molecule has 2 aliphatic heterocycles. The van der Waals surface area contributed by atoms with Crippen molar-refractivity contribution in [3.05, 3.63) is 140 Å². The summed E-state index contributed by atoms with van der Waals surface area (Å²) < 4.78 is 0. The maximum absolute atomic E-state index is 12.7. The van der Waals surface area contributed by atoms with Crippen LogP contribution in [-0.4, -0.2) is 48.3 Å². The number of para-hydroxylation sites is 2. The molecule has 4 N–H and O–H groups in total. The SMILES string of the molecule is Cc1ccncc1C1=Nc2c(cccc2C(=O)O)C1.Cc1cnc(N)s1.Cc1cnc(NC(=O)c2cccc3c2N=C(c2cnccc2C)C3)s1. The van der Waals surface area contributed by atoms with Gasteiger partial charge in [-0.1, -0.05) is 24.3 Å². The number of carboxylic acid groups (broad SMARTS) is 1. The number of hydrogen-bond donors (Lipinski definition) is 3. The summed E-state index contributed by atoms with van der Waals surface area (Å²) in [4.78, 5) is 51.6. The number of anilines is 2. The molecule has 0 aliphatic carbocycles. The Morgan fingerprint density at radius 2 is 1.24 bits per heavy atom. The molecule has 1 amide bonds. The molecule has 8 rings (SSSR count). The van der Waals surface area contributed by atoms with Gasteiger partial charge in [0.1, 0.15) is 0 Å². The van der Waals surface area contributed by atoms with Crippen LogP contribution in [-0.2, 0) is 12.8 Å². The third kappa shape index (κ3) is 8.11. The second-order valence-corrected chi connectivity index (χ2v) is 14.3. The van der Waals surface area contributed by atoms with E-state index in [0.717, 1.165) is 60.2 Å². The molecule has 0 saturated carbocycles. The molecule has 0 unspecified atom stereocenters. The summed E-state index contributed by atoms with van der Waals surface area (Å²) in [5.74, 6) is -1.12. The highest BCUT2D eigenvalue weighted by Crippen LogP contribution is 2.34. The van der Waals surface area contributed by atoms with Crippen LogP contribution in [0.15, 0.2) is 95.7 Å². The average Bonchev–Trinajstić information content (AvgIpc) is 3.92. The van der Waals surface area contributed by atoms with Crippen LogP contribution in [0, 0.1) is 27.7 Å². The van der Waals surface area contributed by atoms with Gasteiger partial charge in [-0.25, -0.2) is 14.8 Å². The lowest BCUT2D eigenvalue weighted by Gasteiger charge is -2.05. The number of carbonyl (C=O) groups excluding carboxylic acids is 1. The number of nitrogens with zero attached hydrogens (tertiary/aromatic N) is 6. The Morgan fingerprint density at radius 1 is 0.706 bits per heavy atom. The number of amides is 1. The molecule has 11 nitrogen and oxygen atoms in total. The van der Waals surface area contributed by atoms with Crippen LogP contribution in [0.4, 0.5) is 21.6 Å². The lowest BCUT2D eigenvalue weighted by Crippen LogP contribution is -2.11. The number of aliphatic imine (C=N–C) groups is 2. The fourth-order valence-corrected chi connectivity index (χ4v) is 6.79. The zero-order valence-corrected chi connectivity index (χ0v) is 30.0. The Hall–Kier alpha value is -5.92. The zero-order valence-electron chi connectivity index (χ0n) is 28.3. The average molecular weight is 715 g/mol. The number of aromatic carboxylic acids is 1. The number of carboxylic acids is 1. The number of nitrogens with one attached hydrogen (secondary N) is 1. The van der Waals surface area contributed by atoms with Crippen molar-refractivity contribution in [2.24, 2.45) is 9.98 Å². The lowest BCUT2D eigenvalue weighted by atomic mass is 10.0. The lowest BCUT2D eigenvalue weighted by molar-refractivity contribution is 0.0697. The molecule has 0 bridgehead atoms. The fraction of sp³-hybridized carbons (Fsp3) is 0.158. The fourth-order valence-electron chi connectivity index (χ4n) is 5.59. The van der Waals surface area contributed by atoms with Gasteiger partial charge < -0.3 is 10.8 Å². The number of fused-ring (bicyclic) bond motifs is 2. The number of nitrogens with two attached hydrogens (primary N) is 1. The predicted molar refractivity (Wildman–Crippen MR) is 204 cm³/mol. The molecule has 2 aliphatic rings. The Morgan fingerprint density at radius 3 is 1.69 bits per heavy atom. The molecule has 6 aromatic rings. The molecular formula is C38H34N8O3S2. The quantitative estimate of drug-likeness (QED) is 0.162. The van der Waals surface area contributed by atoms with Gasteiger partial charge in [-0.15, -0.1) is 22.7 Å². The highest BCUT2D eigenvalue weighted by Gasteiger charge is 2.24. The van der Waals surface area contributed by atoms with Gasteiger partial charge in [-0.05, 0) is 74.2 Å². The molecule has 0 saturated heterocycles. The number of aromatic nitrogens is 4. The Labute approximate surface area is 302 Å². The smallest absolute Gasteiger partial charge is 0.337 e. The molecule has 2 aromatic carbocycles. The van der Waals surface area contributed by atoms with Gasteiger partial charge >= 0.3 is 5.97 Å². The first-order valence-corrected chi connectivity index (χ1v) is 17.6.